The molecule has 6 nitrogen and oxygen atoms in total. The molecule has 0 bridgehead atoms. The molecule has 0 saturated carbocycles. The number of benzene rings is 2. The average molecular weight is 448 g/mol. The van der Waals surface area contributed by atoms with Crippen molar-refractivity contribution in [1.29, 1.82) is 0 Å². The fraction of sp³-hybridized carbons (Fsp3) is 0.125. The molecule has 0 saturated heterocycles. The van der Waals surface area contributed by atoms with Gasteiger partial charge in [-0.05, 0) is 55.8 Å². The van der Waals surface area contributed by atoms with E-state index in [1.165, 1.54) is 29.5 Å². The smallest absolute Gasteiger partial charge is 0.348 e. The maximum Gasteiger partial charge on any atom is 0.348 e. The number of nitrogens with zero attached hydrogens (tertiary/aromatic N) is 2. The molecule has 0 fully saturated rings. The quantitative estimate of drug-likeness (QED) is 0.275. The lowest BCUT2D eigenvalue weighted by molar-refractivity contribution is 0.0479. The molecular formula is C24H17FN2O4S. The molecule has 0 aliphatic rings. The van der Waals surface area contributed by atoms with Crippen LogP contribution in [0.3, 0.4) is 0 Å². The number of carbonyl (C=O) groups is 1. The summed E-state index contributed by atoms with van der Waals surface area (Å²) < 4.78 is 25.7. The van der Waals surface area contributed by atoms with Crippen molar-refractivity contribution in [3.63, 3.8) is 0 Å². The van der Waals surface area contributed by atoms with Crippen molar-refractivity contribution in [1.82, 2.24) is 9.78 Å². The monoisotopic (exact) mass is 448 g/mol. The van der Waals surface area contributed by atoms with Crippen molar-refractivity contribution >= 4 is 38.5 Å². The largest absolute Gasteiger partial charge is 0.457 e. The molecule has 0 N–H and O–H groups in total. The van der Waals surface area contributed by atoms with Crippen molar-refractivity contribution in [2.75, 3.05) is 0 Å². The summed E-state index contributed by atoms with van der Waals surface area (Å²) in [5.41, 5.74) is 2.96. The lowest BCUT2D eigenvalue weighted by Gasteiger charge is -2.07. The van der Waals surface area contributed by atoms with E-state index in [0.717, 1.165) is 26.9 Å². The molecule has 0 atom stereocenters. The van der Waals surface area contributed by atoms with Crippen LogP contribution in [0.4, 0.5) is 4.39 Å². The van der Waals surface area contributed by atoms with Crippen LogP contribution in [-0.2, 0) is 11.3 Å². The minimum atomic E-state index is -0.496. The molecule has 0 aliphatic heterocycles. The number of thiophene rings is 1. The molecule has 160 valence electrons. The van der Waals surface area contributed by atoms with E-state index < -0.39 is 11.6 Å². The molecule has 0 unspecified atom stereocenters. The first-order valence-electron chi connectivity index (χ1n) is 9.85. The Morgan fingerprint density at radius 1 is 1.09 bits per heavy atom. The van der Waals surface area contributed by atoms with E-state index >= 15 is 0 Å². The van der Waals surface area contributed by atoms with E-state index in [1.54, 1.807) is 28.9 Å². The zero-order valence-electron chi connectivity index (χ0n) is 17.2. The van der Waals surface area contributed by atoms with Crippen LogP contribution in [0.15, 0.2) is 63.8 Å². The van der Waals surface area contributed by atoms with Crippen LogP contribution in [-0.4, -0.2) is 15.7 Å². The number of aryl methyl sites for hydroxylation is 2. The second kappa shape index (κ2) is 7.72. The predicted octanol–water partition coefficient (Wildman–Crippen LogP) is 5.31. The van der Waals surface area contributed by atoms with Gasteiger partial charge in [0.25, 0.3) is 0 Å². The highest BCUT2D eigenvalue weighted by atomic mass is 32.1. The third-order valence-corrected chi connectivity index (χ3v) is 6.25. The summed E-state index contributed by atoms with van der Waals surface area (Å²) in [5, 5.41) is 6.05. The summed E-state index contributed by atoms with van der Waals surface area (Å²) in [4.78, 5) is 25.9. The van der Waals surface area contributed by atoms with E-state index in [0.29, 0.717) is 21.7 Å². The van der Waals surface area contributed by atoms with Gasteiger partial charge >= 0.3 is 11.6 Å². The maximum atomic E-state index is 13.3. The van der Waals surface area contributed by atoms with E-state index in [1.807, 2.05) is 26.0 Å². The molecule has 3 aromatic heterocycles. The first-order valence-corrected chi connectivity index (χ1v) is 10.7. The normalized spacial score (nSPS) is 11.3. The predicted molar refractivity (Wildman–Crippen MR) is 120 cm³/mol. The summed E-state index contributed by atoms with van der Waals surface area (Å²) >= 11 is 1.25. The van der Waals surface area contributed by atoms with Crippen LogP contribution in [0.25, 0.3) is 26.9 Å². The molecule has 2 aromatic carbocycles. The molecule has 0 aliphatic carbocycles. The van der Waals surface area contributed by atoms with E-state index in [2.05, 4.69) is 5.10 Å². The highest BCUT2D eigenvalue weighted by Gasteiger charge is 2.19. The Morgan fingerprint density at radius 2 is 1.88 bits per heavy atom. The van der Waals surface area contributed by atoms with E-state index in [4.69, 9.17) is 9.15 Å². The van der Waals surface area contributed by atoms with Crippen molar-refractivity contribution in [2.24, 2.45) is 0 Å². The first kappa shape index (κ1) is 20.1. The molecule has 3 heterocycles. The fourth-order valence-corrected chi connectivity index (χ4v) is 4.65. The van der Waals surface area contributed by atoms with Gasteiger partial charge in [-0.3, -0.25) is 0 Å². The van der Waals surface area contributed by atoms with Gasteiger partial charge in [0, 0.05) is 22.4 Å². The zero-order valence-corrected chi connectivity index (χ0v) is 18.0. The molecule has 0 radical (unpaired) electrons. The van der Waals surface area contributed by atoms with Gasteiger partial charge in [0.1, 0.15) is 27.7 Å². The SMILES string of the molecule is Cc1ccc2c(COC(=O)c3cc4c(C)nn(-c5ccc(F)cc5)c4s3)cc(=O)oc2c1. The Hall–Kier alpha value is -3.78. The van der Waals surface area contributed by atoms with Crippen molar-refractivity contribution in [3.05, 3.63) is 92.5 Å². The number of fused-ring (bicyclic) bond motifs is 2. The Kier molecular flexibility index (Phi) is 4.86. The average Bonchev–Trinajstić information content (AvgIpc) is 3.33. The maximum absolute atomic E-state index is 13.3. The number of hydrogen-bond acceptors (Lipinski definition) is 6. The minimum Gasteiger partial charge on any atom is -0.457 e. The second-order valence-corrected chi connectivity index (χ2v) is 8.50. The Balaban J connectivity index is 1.44. The van der Waals surface area contributed by atoms with Crippen LogP contribution < -0.4 is 5.63 Å². The molecule has 32 heavy (non-hydrogen) atoms. The second-order valence-electron chi connectivity index (χ2n) is 7.47. The molecule has 0 amide bonds. The number of carbonyl (C=O) groups excluding carboxylic acids is 1. The van der Waals surface area contributed by atoms with Gasteiger partial charge < -0.3 is 9.15 Å². The van der Waals surface area contributed by atoms with Crippen LogP contribution >= 0.6 is 11.3 Å². The lowest BCUT2D eigenvalue weighted by atomic mass is 10.1. The van der Waals surface area contributed by atoms with Gasteiger partial charge in [0.15, 0.2) is 0 Å². The highest BCUT2D eigenvalue weighted by Crippen LogP contribution is 2.31. The summed E-state index contributed by atoms with van der Waals surface area (Å²) in [6, 6.07) is 14.6. The summed E-state index contributed by atoms with van der Waals surface area (Å²) in [6.45, 7) is 3.70. The number of aromatic nitrogens is 2. The van der Waals surface area contributed by atoms with E-state index in [-0.39, 0.29) is 12.4 Å². The molecule has 0 spiro atoms. The topological polar surface area (TPSA) is 74.3 Å². The van der Waals surface area contributed by atoms with Gasteiger partial charge in [-0.15, -0.1) is 11.3 Å². The Morgan fingerprint density at radius 3 is 2.66 bits per heavy atom. The zero-order chi connectivity index (χ0) is 22.4. The summed E-state index contributed by atoms with van der Waals surface area (Å²) in [7, 11) is 0. The number of ether oxygens (including phenoxy) is 1. The van der Waals surface area contributed by atoms with Crippen LogP contribution in [0.1, 0.15) is 26.5 Å². The number of halogens is 1. The summed E-state index contributed by atoms with van der Waals surface area (Å²) in [6.07, 6.45) is 0. The van der Waals surface area contributed by atoms with Crippen molar-refractivity contribution < 1.29 is 18.3 Å². The Bertz CT molecular complexity index is 1550. The molecule has 8 heteroatoms. The van der Waals surface area contributed by atoms with Crippen molar-refractivity contribution in [2.45, 2.75) is 20.5 Å². The van der Waals surface area contributed by atoms with Crippen LogP contribution in [0.2, 0.25) is 0 Å². The lowest BCUT2D eigenvalue weighted by Crippen LogP contribution is -2.07. The highest BCUT2D eigenvalue weighted by molar-refractivity contribution is 7.20. The fourth-order valence-electron chi connectivity index (χ4n) is 3.58. The van der Waals surface area contributed by atoms with Gasteiger partial charge in [-0.25, -0.2) is 18.7 Å². The number of hydrogen-bond donors (Lipinski definition) is 0. The number of rotatable bonds is 4. The third-order valence-electron chi connectivity index (χ3n) is 5.16. The molecule has 5 aromatic rings. The van der Waals surface area contributed by atoms with Gasteiger partial charge in [0.2, 0.25) is 0 Å². The Labute approximate surface area is 185 Å². The van der Waals surface area contributed by atoms with E-state index in [9.17, 15) is 14.0 Å². The van der Waals surface area contributed by atoms with Gasteiger partial charge in [-0.1, -0.05) is 12.1 Å². The first-order chi connectivity index (χ1) is 15.4. The number of esters is 1. The molecule has 5 rings (SSSR count). The van der Waals surface area contributed by atoms with Gasteiger partial charge in [0.05, 0.1) is 11.4 Å². The standard InChI is InChI=1S/C24H17FN2O4S/c1-13-3-8-18-15(10-22(28)31-20(18)9-13)12-30-24(29)21-11-19-14(2)26-27(23(19)32-21)17-6-4-16(25)5-7-17/h3-11H,12H2,1-2H3. The van der Waals surface area contributed by atoms with Crippen LogP contribution in [0, 0.1) is 19.7 Å². The third kappa shape index (κ3) is 3.58. The molecular weight excluding hydrogens is 431 g/mol. The summed E-state index contributed by atoms with van der Waals surface area (Å²) in [5.74, 6) is -0.827. The minimum absolute atomic E-state index is 0.0543. The van der Waals surface area contributed by atoms with Gasteiger partial charge in [-0.2, -0.15) is 5.10 Å². The van der Waals surface area contributed by atoms with Crippen LogP contribution in [0.5, 0.6) is 0 Å². The van der Waals surface area contributed by atoms with Crippen molar-refractivity contribution in [3.8, 4) is 5.69 Å².